The van der Waals surface area contributed by atoms with Crippen LogP contribution >= 0.6 is 11.3 Å². The molecule has 0 unspecified atom stereocenters. The van der Waals surface area contributed by atoms with Gasteiger partial charge in [-0.15, -0.1) is 16.4 Å². The van der Waals surface area contributed by atoms with Crippen LogP contribution in [0.4, 0.5) is 0 Å². The summed E-state index contributed by atoms with van der Waals surface area (Å²) in [5.41, 5.74) is 1.02. The number of rotatable bonds is 1. The molecule has 0 amide bonds. The van der Waals surface area contributed by atoms with Crippen LogP contribution < -0.4 is 0 Å². The van der Waals surface area contributed by atoms with E-state index in [1.54, 1.807) is 17.5 Å². The van der Waals surface area contributed by atoms with Crippen LogP contribution in [0.5, 0.6) is 0 Å². The number of hydrogen-bond donors (Lipinski definition) is 0. The maximum Gasteiger partial charge on any atom is 0.104 e. The first-order valence-corrected chi connectivity index (χ1v) is 4.80. The first-order chi connectivity index (χ1) is 5.77. The van der Waals surface area contributed by atoms with Crippen LogP contribution in [-0.2, 0) is 0 Å². The number of hydrogen-bond acceptors (Lipinski definition) is 3. The Kier molecular flexibility index (Phi) is 1.81. The van der Waals surface area contributed by atoms with E-state index in [2.05, 4.69) is 30.1 Å². The lowest BCUT2D eigenvalue weighted by Crippen LogP contribution is -1.78. The topological polar surface area (TPSA) is 25.8 Å². The highest BCUT2D eigenvalue weighted by molar-refractivity contribution is 7.19. The molecule has 0 aromatic carbocycles. The Morgan fingerprint density at radius 3 is 2.92 bits per heavy atom. The third-order valence-corrected chi connectivity index (χ3v) is 3.18. The van der Waals surface area contributed by atoms with Gasteiger partial charge in [-0.05, 0) is 18.1 Å². The van der Waals surface area contributed by atoms with Gasteiger partial charge in [0.1, 0.15) is 5.52 Å². The standard InChI is InChI=1S/C9H10N2S/c1-6(2)9-5-7-8(12-9)3-4-10-11-7/h3-6H,1-2H3. The zero-order valence-corrected chi connectivity index (χ0v) is 7.93. The molecule has 0 aliphatic carbocycles. The maximum atomic E-state index is 4.04. The predicted octanol–water partition coefficient (Wildman–Crippen LogP) is 2.81. The van der Waals surface area contributed by atoms with Crippen LogP contribution in [0.15, 0.2) is 18.3 Å². The van der Waals surface area contributed by atoms with Crippen molar-refractivity contribution in [3.05, 3.63) is 23.2 Å². The molecule has 0 radical (unpaired) electrons. The van der Waals surface area contributed by atoms with Crippen molar-refractivity contribution in [3.63, 3.8) is 0 Å². The van der Waals surface area contributed by atoms with Crippen LogP contribution in [0.25, 0.3) is 10.2 Å². The average Bonchev–Trinajstić information content (AvgIpc) is 2.46. The fraction of sp³-hybridized carbons (Fsp3) is 0.333. The van der Waals surface area contributed by atoms with Gasteiger partial charge in [-0.3, -0.25) is 0 Å². The summed E-state index contributed by atoms with van der Waals surface area (Å²) in [7, 11) is 0. The summed E-state index contributed by atoms with van der Waals surface area (Å²) in [6, 6.07) is 4.14. The zero-order valence-electron chi connectivity index (χ0n) is 7.11. The lowest BCUT2D eigenvalue weighted by molar-refractivity contribution is 0.890. The van der Waals surface area contributed by atoms with E-state index in [9.17, 15) is 0 Å². The first kappa shape index (κ1) is 7.68. The van der Waals surface area contributed by atoms with E-state index in [4.69, 9.17) is 0 Å². The molecule has 0 atom stereocenters. The van der Waals surface area contributed by atoms with Crippen molar-refractivity contribution < 1.29 is 0 Å². The summed E-state index contributed by atoms with van der Waals surface area (Å²) in [5.74, 6) is 0.587. The summed E-state index contributed by atoms with van der Waals surface area (Å²) in [6.45, 7) is 4.39. The summed E-state index contributed by atoms with van der Waals surface area (Å²) in [6.07, 6.45) is 1.74. The van der Waals surface area contributed by atoms with E-state index in [1.807, 2.05) is 6.07 Å². The molecular weight excluding hydrogens is 168 g/mol. The van der Waals surface area contributed by atoms with Gasteiger partial charge in [0.25, 0.3) is 0 Å². The minimum atomic E-state index is 0.587. The van der Waals surface area contributed by atoms with Crippen LogP contribution in [0, 0.1) is 0 Å². The molecule has 0 bridgehead atoms. The second-order valence-electron chi connectivity index (χ2n) is 3.08. The lowest BCUT2D eigenvalue weighted by atomic mass is 10.2. The van der Waals surface area contributed by atoms with Gasteiger partial charge >= 0.3 is 0 Å². The first-order valence-electron chi connectivity index (χ1n) is 3.98. The molecule has 2 heterocycles. The molecule has 2 rings (SSSR count). The maximum absolute atomic E-state index is 4.04. The molecule has 12 heavy (non-hydrogen) atoms. The molecule has 62 valence electrons. The minimum absolute atomic E-state index is 0.587. The van der Waals surface area contributed by atoms with Crippen molar-refractivity contribution in [1.82, 2.24) is 10.2 Å². The Morgan fingerprint density at radius 2 is 2.25 bits per heavy atom. The van der Waals surface area contributed by atoms with Gasteiger partial charge in [-0.2, -0.15) is 5.10 Å². The van der Waals surface area contributed by atoms with Crippen molar-refractivity contribution in [3.8, 4) is 0 Å². The number of nitrogens with zero attached hydrogens (tertiary/aromatic N) is 2. The van der Waals surface area contributed by atoms with E-state index < -0.39 is 0 Å². The molecular formula is C9H10N2S. The Morgan fingerprint density at radius 1 is 1.42 bits per heavy atom. The van der Waals surface area contributed by atoms with E-state index in [1.165, 1.54) is 9.58 Å². The van der Waals surface area contributed by atoms with Gasteiger partial charge in [-0.25, -0.2) is 0 Å². The normalized spacial score (nSPS) is 11.2. The van der Waals surface area contributed by atoms with Crippen molar-refractivity contribution in [1.29, 1.82) is 0 Å². The largest absolute Gasteiger partial charge is 0.158 e. The van der Waals surface area contributed by atoms with Gasteiger partial charge < -0.3 is 0 Å². The molecule has 2 aromatic heterocycles. The van der Waals surface area contributed by atoms with E-state index in [0.29, 0.717) is 5.92 Å². The van der Waals surface area contributed by atoms with Gasteiger partial charge in [0, 0.05) is 4.88 Å². The molecule has 0 spiro atoms. The fourth-order valence-corrected chi connectivity index (χ4v) is 2.09. The third-order valence-electron chi connectivity index (χ3n) is 1.79. The van der Waals surface area contributed by atoms with Gasteiger partial charge in [0.15, 0.2) is 0 Å². The molecule has 0 saturated carbocycles. The van der Waals surface area contributed by atoms with Gasteiger partial charge in [-0.1, -0.05) is 13.8 Å². The second kappa shape index (κ2) is 2.83. The molecule has 0 N–H and O–H groups in total. The summed E-state index contributed by atoms with van der Waals surface area (Å²) in [5, 5.41) is 7.89. The van der Waals surface area contributed by atoms with E-state index in [0.717, 1.165) is 5.52 Å². The van der Waals surface area contributed by atoms with Crippen molar-refractivity contribution in [2.45, 2.75) is 19.8 Å². The highest BCUT2D eigenvalue weighted by Crippen LogP contribution is 2.28. The zero-order chi connectivity index (χ0) is 8.55. The molecule has 0 fully saturated rings. The monoisotopic (exact) mass is 178 g/mol. The average molecular weight is 178 g/mol. The highest BCUT2D eigenvalue weighted by Gasteiger charge is 2.05. The van der Waals surface area contributed by atoms with Crippen LogP contribution in [0.2, 0.25) is 0 Å². The second-order valence-corrected chi connectivity index (χ2v) is 4.20. The van der Waals surface area contributed by atoms with E-state index in [-0.39, 0.29) is 0 Å². The molecule has 2 aromatic rings. The number of fused-ring (bicyclic) bond motifs is 1. The lowest BCUT2D eigenvalue weighted by Gasteiger charge is -1.95. The predicted molar refractivity (Wildman–Crippen MR) is 51.5 cm³/mol. The Balaban J connectivity index is 2.62. The highest BCUT2D eigenvalue weighted by atomic mass is 32.1. The smallest absolute Gasteiger partial charge is 0.104 e. The summed E-state index contributed by atoms with van der Waals surface area (Å²) in [4.78, 5) is 1.38. The van der Waals surface area contributed by atoms with Crippen molar-refractivity contribution in [2.75, 3.05) is 0 Å². The Bertz CT molecular complexity index is 359. The van der Waals surface area contributed by atoms with Gasteiger partial charge in [0.2, 0.25) is 0 Å². The van der Waals surface area contributed by atoms with Crippen LogP contribution in [0.1, 0.15) is 24.6 Å². The Hall–Kier alpha value is -0.960. The summed E-state index contributed by atoms with van der Waals surface area (Å²) >= 11 is 1.80. The fourth-order valence-electron chi connectivity index (χ4n) is 1.09. The van der Waals surface area contributed by atoms with Gasteiger partial charge in [0.05, 0.1) is 10.9 Å². The minimum Gasteiger partial charge on any atom is -0.158 e. The van der Waals surface area contributed by atoms with E-state index >= 15 is 0 Å². The van der Waals surface area contributed by atoms with Crippen LogP contribution in [0.3, 0.4) is 0 Å². The summed E-state index contributed by atoms with van der Waals surface area (Å²) < 4.78 is 1.23. The number of thiophene rings is 1. The molecule has 3 heteroatoms. The quantitative estimate of drug-likeness (QED) is 0.671. The van der Waals surface area contributed by atoms with Crippen molar-refractivity contribution >= 4 is 21.6 Å². The molecule has 0 aliphatic heterocycles. The number of aromatic nitrogens is 2. The molecule has 2 nitrogen and oxygen atoms in total. The van der Waals surface area contributed by atoms with Crippen LogP contribution in [-0.4, -0.2) is 10.2 Å². The molecule has 0 aliphatic rings. The molecule has 0 saturated heterocycles. The third kappa shape index (κ3) is 1.20. The van der Waals surface area contributed by atoms with Crippen molar-refractivity contribution in [2.24, 2.45) is 0 Å². The Labute approximate surface area is 75.3 Å². The SMILES string of the molecule is CC(C)c1cc2nnccc2s1.